The molecular formula is C15H14ClN3O3. The number of rotatable bonds is 1. The number of aliphatic imine (C=N–C) groups is 1. The van der Waals surface area contributed by atoms with Crippen molar-refractivity contribution >= 4 is 41.8 Å². The van der Waals surface area contributed by atoms with E-state index in [-0.39, 0.29) is 24.2 Å². The van der Waals surface area contributed by atoms with Crippen molar-refractivity contribution in [2.24, 2.45) is 4.99 Å². The van der Waals surface area contributed by atoms with E-state index in [0.29, 0.717) is 37.2 Å². The number of halogens is 1. The van der Waals surface area contributed by atoms with Gasteiger partial charge in [0.05, 0.1) is 12.2 Å². The van der Waals surface area contributed by atoms with Crippen LogP contribution < -0.4 is 15.0 Å². The van der Waals surface area contributed by atoms with Crippen molar-refractivity contribution in [1.82, 2.24) is 0 Å². The van der Waals surface area contributed by atoms with Gasteiger partial charge in [-0.1, -0.05) is 0 Å². The molecule has 0 aliphatic carbocycles. The van der Waals surface area contributed by atoms with Gasteiger partial charge in [-0.15, -0.1) is 12.4 Å². The van der Waals surface area contributed by atoms with Crippen molar-refractivity contribution in [2.75, 3.05) is 10.2 Å². The highest BCUT2D eigenvalue weighted by Gasteiger charge is 2.34. The Kier molecular flexibility index (Phi) is 3.62. The molecule has 3 aliphatic rings. The molecular weight excluding hydrogens is 306 g/mol. The van der Waals surface area contributed by atoms with Gasteiger partial charge in [0.25, 0.3) is 0 Å². The topological polar surface area (TPSA) is 71.0 Å². The second-order valence-corrected chi connectivity index (χ2v) is 5.19. The zero-order valence-corrected chi connectivity index (χ0v) is 12.5. The molecule has 1 aromatic rings. The van der Waals surface area contributed by atoms with E-state index < -0.39 is 0 Å². The third-order valence-corrected chi connectivity index (χ3v) is 3.86. The van der Waals surface area contributed by atoms with Gasteiger partial charge in [-0.2, -0.15) is 0 Å². The van der Waals surface area contributed by atoms with E-state index in [1.807, 2.05) is 6.07 Å². The van der Waals surface area contributed by atoms with Crippen LogP contribution >= 0.6 is 12.4 Å². The van der Waals surface area contributed by atoms with Crippen molar-refractivity contribution in [3.05, 3.63) is 29.7 Å². The lowest BCUT2D eigenvalue weighted by molar-refractivity contribution is -0.129. The van der Waals surface area contributed by atoms with Crippen LogP contribution in [0.5, 0.6) is 5.75 Å². The number of amides is 2. The maximum atomic E-state index is 12.3. The van der Waals surface area contributed by atoms with E-state index in [9.17, 15) is 9.59 Å². The van der Waals surface area contributed by atoms with Gasteiger partial charge in [-0.3, -0.25) is 14.6 Å². The first-order valence-corrected chi connectivity index (χ1v) is 6.89. The summed E-state index contributed by atoms with van der Waals surface area (Å²) >= 11 is 0. The zero-order chi connectivity index (χ0) is 14.4. The molecule has 0 aromatic heterocycles. The van der Waals surface area contributed by atoms with Gasteiger partial charge < -0.3 is 10.1 Å². The van der Waals surface area contributed by atoms with Gasteiger partial charge in [-0.05, 0) is 18.1 Å². The lowest BCUT2D eigenvalue weighted by Crippen LogP contribution is -2.41. The number of ether oxygens (including phenoxy) is 1. The highest BCUT2D eigenvalue weighted by molar-refractivity contribution is 6.20. The number of hydrogen-bond acceptors (Lipinski definition) is 5. The summed E-state index contributed by atoms with van der Waals surface area (Å²) in [6.45, 7) is 0.553. The van der Waals surface area contributed by atoms with E-state index in [4.69, 9.17) is 4.74 Å². The molecule has 1 aromatic carbocycles. The highest BCUT2D eigenvalue weighted by Crippen LogP contribution is 2.44. The van der Waals surface area contributed by atoms with Crippen LogP contribution in [0.2, 0.25) is 0 Å². The van der Waals surface area contributed by atoms with E-state index in [1.165, 1.54) is 11.2 Å². The number of imide groups is 1. The molecule has 4 rings (SSSR count). The summed E-state index contributed by atoms with van der Waals surface area (Å²) in [5.41, 5.74) is 3.06. The minimum absolute atomic E-state index is 0. The summed E-state index contributed by atoms with van der Waals surface area (Å²) in [4.78, 5) is 30.0. The maximum Gasteiger partial charge on any atom is 0.233 e. The van der Waals surface area contributed by atoms with Crippen molar-refractivity contribution < 1.29 is 14.3 Å². The molecule has 0 bridgehead atoms. The largest absolute Gasteiger partial charge is 0.459 e. The second-order valence-electron chi connectivity index (χ2n) is 5.19. The fourth-order valence-corrected chi connectivity index (χ4v) is 2.91. The summed E-state index contributed by atoms with van der Waals surface area (Å²) < 4.78 is 5.58. The van der Waals surface area contributed by atoms with E-state index in [0.717, 1.165) is 16.8 Å². The number of carbonyl (C=O) groups is 2. The predicted molar refractivity (Wildman–Crippen MR) is 84.7 cm³/mol. The molecule has 0 atom stereocenters. The van der Waals surface area contributed by atoms with Crippen molar-refractivity contribution in [3.8, 4) is 5.75 Å². The number of piperidine rings is 1. The van der Waals surface area contributed by atoms with Gasteiger partial charge in [0.1, 0.15) is 11.9 Å². The number of hydrogen-bond donors (Lipinski definition) is 1. The molecule has 1 saturated heterocycles. The van der Waals surface area contributed by atoms with Crippen molar-refractivity contribution in [2.45, 2.75) is 25.8 Å². The van der Waals surface area contributed by atoms with Crippen LogP contribution in [0.3, 0.4) is 0 Å². The lowest BCUT2D eigenvalue weighted by Gasteiger charge is -2.29. The normalized spacial score (nSPS) is 18.3. The first-order chi connectivity index (χ1) is 10.3. The molecule has 0 unspecified atom stereocenters. The van der Waals surface area contributed by atoms with Crippen LogP contribution in [0.1, 0.15) is 30.4 Å². The summed E-state index contributed by atoms with van der Waals surface area (Å²) in [6, 6.07) is 1.95. The summed E-state index contributed by atoms with van der Waals surface area (Å²) in [5.74, 6) is 0.147. The first kappa shape index (κ1) is 14.6. The number of benzene rings is 1. The predicted octanol–water partition coefficient (Wildman–Crippen LogP) is 2.36. The minimum atomic E-state index is -0.180. The van der Waals surface area contributed by atoms with Gasteiger partial charge in [-0.25, -0.2) is 4.90 Å². The molecule has 2 amide bonds. The molecule has 0 spiro atoms. The molecule has 3 aliphatic heterocycles. The van der Waals surface area contributed by atoms with E-state index >= 15 is 0 Å². The quantitative estimate of drug-likeness (QED) is 0.807. The number of nitrogens with zero attached hydrogens (tertiary/aromatic N) is 2. The smallest absolute Gasteiger partial charge is 0.233 e. The first-order valence-electron chi connectivity index (χ1n) is 6.89. The zero-order valence-electron chi connectivity index (χ0n) is 11.7. The Bertz CT molecular complexity index is 711. The van der Waals surface area contributed by atoms with Gasteiger partial charge in [0.15, 0.2) is 5.75 Å². The second kappa shape index (κ2) is 5.46. The number of nitrogens with one attached hydrogen (secondary N) is 1. The summed E-state index contributed by atoms with van der Waals surface area (Å²) in [7, 11) is 0. The lowest BCUT2D eigenvalue weighted by atomic mass is 10.0. The maximum absolute atomic E-state index is 12.3. The Morgan fingerprint density at radius 3 is 2.77 bits per heavy atom. The number of carbonyl (C=O) groups excluding carboxylic acids is 2. The molecule has 1 N–H and O–H groups in total. The van der Waals surface area contributed by atoms with Crippen molar-refractivity contribution in [3.63, 3.8) is 0 Å². The Morgan fingerprint density at radius 1 is 1.23 bits per heavy atom. The van der Waals surface area contributed by atoms with Gasteiger partial charge in [0, 0.05) is 30.8 Å². The molecule has 3 heterocycles. The fourth-order valence-electron chi connectivity index (χ4n) is 2.91. The van der Waals surface area contributed by atoms with E-state index in [2.05, 4.69) is 10.3 Å². The fraction of sp³-hybridized carbons (Fsp3) is 0.267. The average Bonchev–Trinajstić information content (AvgIpc) is 2.94. The molecule has 6 nitrogen and oxygen atoms in total. The van der Waals surface area contributed by atoms with E-state index in [1.54, 1.807) is 12.4 Å². The molecule has 0 radical (unpaired) electrons. The highest BCUT2D eigenvalue weighted by atomic mass is 35.5. The Labute approximate surface area is 133 Å². The van der Waals surface area contributed by atoms with Crippen LogP contribution in [-0.4, -0.2) is 18.0 Å². The molecule has 22 heavy (non-hydrogen) atoms. The Hall–Kier alpha value is -2.34. The van der Waals surface area contributed by atoms with Crippen LogP contribution in [0.15, 0.2) is 23.5 Å². The van der Waals surface area contributed by atoms with Crippen molar-refractivity contribution in [1.29, 1.82) is 0 Å². The SMILES string of the molecule is Cl.O=C1CCCC(=O)N1c1c2c(cc3c1OC=CN3)CN=C2. The van der Waals surface area contributed by atoms with Crippen LogP contribution in [0, 0.1) is 0 Å². The molecule has 114 valence electrons. The standard InChI is InChI=1S/C15H13N3O3.ClH/c19-12-2-1-3-13(20)18(12)14-10-8-16-7-9(10)6-11-15(14)21-5-4-17-11;/h4-6,8,17H,1-3,7H2;1H. The summed E-state index contributed by atoms with van der Waals surface area (Å²) in [6.07, 6.45) is 6.26. The molecule has 7 heteroatoms. The number of anilines is 2. The minimum Gasteiger partial charge on any atom is -0.459 e. The Morgan fingerprint density at radius 2 is 2.00 bits per heavy atom. The third kappa shape index (κ3) is 2.07. The van der Waals surface area contributed by atoms with Gasteiger partial charge >= 0.3 is 0 Å². The third-order valence-electron chi connectivity index (χ3n) is 3.86. The monoisotopic (exact) mass is 319 g/mol. The van der Waals surface area contributed by atoms with Crippen LogP contribution in [0.4, 0.5) is 11.4 Å². The van der Waals surface area contributed by atoms with Crippen LogP contribution in [-0.2, 0) is 16.1 Å². The van der Waals surface area contributed by atoms with Crippen LogP contribution in [0.25, 0.3) is 0 Å². The summed E-state index contributed by atoms with van der Waals surface area (Å²) in [5, 5.41) is 3.09. The molecule has 0 saturated carbocycles. The van der Waals surface area contributed by atoms with Gasteiger partial charge in [0.2, 0.25) is 11.8 Å². The molecule has 1 fully saturated rings. The number of fused-ring (bicyclic) bond motifs is 2. The Balaban J connectivity index is 0.00000144. The average molecular weight is 320 g/mol.